The number of halogens is 3. The van der Waals surface area contributed by atoms with Gasteiger partial charge in [0.2, 0.25) is 5.91 Å². The maximum absolute atomic E-state index is 12.7. The molecule has 0 radical (unpaired) electrons. The molecule has 1 aliphatic rings. The van der Waals surface area contributed by atoms with Crippen LogP contribution in [0, 0.1) is 0 Å². The molecule has 1 atom stereocenters. The van der Waals surface area contributed by atoms with Gasteiger partial charge in [-0.05, 0) is 36.6 Å². The SMILES string of the molecule is CCc1ccc(C(C)NC(=O)CN2CCN(c3ccc(C(F)(F)F)cn3)CC2)cc1. The van der Waals surface area contributed by atoms with E-state index in [9.17, 15) is 18.0 Å². The molecule has 30 heavy (non-hydrogen) atoms. The highest BCUT2D eigenvalue weighted by Crippen LogP contribution is 2.29. The Bertz CT molecular complexity index is 829. The summed E-state index contributed by atoms with van der Waals surface area (Å²) in [5.41, 5.74) is 1.58. The van der Waals surface area contributed by atoms with Crippen LogP contribution in [0.15, 0.2) is 42.6 Å². The molecule has 1 aromatic heterocycles. The van der Waals surface area contributed by atoms with Crippen LogP contribution in [0.3, 0.4) is 0 Å². The minimum atomic E-state index is -4.38. The van der Waals surface area contributed by atoms with Crippen molar-refractivity contribution >= 4 is 11.7 Å². The van der Waals surface area contributed by atoms with Gasteiger partial charge in [0.25, 0.3) is 0 Å². The van der Waals surface area contributed by atoms with Crippen LogP contribution in [0.25, 0.3) is 0 Å². The van der Waals surface area contributed by atoms with Crippen molar-refractivity contribution in [3.05, 3.63) is 59.3 Å². The largest absolute Gasteiger partial charge is 0.417 e. The zero-order chi connectivity index (χ0) is 21.7. The summed E-state index contributed by atoms with van der Waals surface area (Å²) >= 11 is 0. The van der Waals surface area contributed by atoms with Crippen molar-refractivity contribution < 1.29 is 18.0 Å². The number of piperazine rings is 1. The highest BCUT2D eigenvalue weighted by molar-refractivity contribution is 5.78. The van der Waals surface area contributed by atoms with Crippen LogP contribution in [0.5, 0.6) is 0 Å². The molecule has 0 aliphatic carbocycles. The molecule has 0 bridgehead atoms. The predicted molar refractivity (Wildman–Crippen MR) is 110 cm³/mol. The van der Waals surface area contributed by atoms with E-state index >= 15 is 0 Å². The number of anilines is 1. The number of carbonyl (C=O) groups is 1. The van der Waals surface area contributed by atoms with Gasteiger partial charge in [-0.1, -0.05) is 31.2 Å². The molecule has 2 aromatic rings. The second-order valence-electron chi connectivity index (χ2n) is 7.55. The number of alkyl halides is 3. The van der Waals surface area contributed by atoms with Gasteiger partial charge in [-0.25, -0.2) is 4.98 Å². The van der Waals surface area contributed by atoms with Crippen LogP contribution in [-0.4, -0.2) is 48.5 Å². The Balaban J connectivity index is 1.46. The zero-order valence-corrected chi connectivity index (χ0v) is 17.2. The third-order valence-electron chi connectivity index (χ3n) is 5.40. The van der Waals surface area contributed by atoms with Crippen molar-refractivity contribution in [3.8, 4) is 0 Å². The fraction of sp³-hybridized carbons (Fsp3) is 0.455. The minimum Gasteiger partial charge on any atom is -0.354 e. The molecule has 1 aromatic carbocycles. The number of amides is 1. The summed E-state index contributed by atoms with van der Waals surface area (Å²) < 4.78 is 38.0. The van der Waals surface area contributed by atoms with Crippen LogP contribution in [-0.2, 0) is 17.4 Å². The van der Waals surface area contributed by atoms with E-state index in [0.29, 0.717) is 38.5 Å². The number of benzene rings is 1. The first-order valence-electron chi connectivity index (χ1n) is 10.1. The van der Waals surface area contributed by atoms with Crippen LogP contribution >= 0.6 is 0 Å². The van der Waals surface area contributed by atoms with E-state index in [2.05, 4.69) is 29.4 Å². The molecule has 8 heteroatoms. The van der Waals surface area contributed by atoms with E-state index < -0.39 is 11.7 Å². The summed E-state index contributed by atoms with van der Waals surface area (Å²) in [6, 6.07) is 10.6. The second-order valence-corrected chi connectivity index (χ2v) is 7.55. The third kappa shape index (κ3) is 5.72. The Morgan fingerprint density at radius 1 is 1.10 bits per heavy atom. The Morgan fingerprint density at radius 3 is 2.30 bits per heavy atom. The maximum atomic E-state index is 12.7. The van der Waals surface area contributed by atoms with E-state index in [1.165, 1.54) is 11.6 Å². The molecule has 1 amide bonds. The minimum absolute atomic E-state index is 0.0387. The van der Waals surface area contributed by atoms with Gasteiger partial charge in [-0.15, -0.1) is 0 Å². The number of rotatable bonds is 6. The number of pyridine rings is 1. The molecule has 1 aliphatic heterocycles. The number of hydrogen-bond acceptors (Lipinski definition) is 4. The van der Waals surface area contributed by atoms with Crippen LogP contribution < -0.4 is 10.2 Å². The van der Waals surface area contributed by atoms with E-state index in [-0.39, 0.29) is 11.9 Å². The lowest BCUT2D eigenvalue weighted by atomic mass is 10.1. The summed E-state index contributed by atoms with van der Waals surface area (Å²) in [6.45, 7) is 6.89. The Hall–Kier alpha value is -2.61. The van der Waals surface area contributed by atoms with Gasteiger partial charge in [0.05, 0.1) is 18.2 Å². The lowest BCUT2D eigenvalue weighted by molar-refractivity contribution is -0.137. The molecule has 1 N–H and O–H groups in total. The molecule has 1 fully saturated rings. The molecular weight excluding hydrogens is 393 g/mol. The molecule has 0 spiro atoms. The summed E-state index contributed by atoms with van der Waals surface area (Å²) in [5.74, 6) is 0.486. The van der Waals surface area contributed by atoms with Crippen molar-refractivity contribution in [2.75, 3.05) is 37.6 Å². The van der Waals surface area contributed by atoms with E-state index in [4.69, 9.17) is 0 Å². The fourth-order valence-corrected chi connectivity index (χ4v) is 3.49. The normalized spacial score (nSPS) is 16.4. The van der Waals surface area contributed by atoms with Crippen LogP contribution in [0.1, 0.15) is 36.6 Å². The lowest BCUT2D eigenvalue weighted by Crippen LogP contribution is -2.49. The highest BCUT2D eigenvalue weighted by Gasteiger charge is 2.31. The number of nitrogens with zero attached hydrogens (tertiary/aromatic N) is 3. The predicted octanol–water partition coefficient (Wildman–Crippen LogP) is 3.66. The van der Waals surface area contributed by atoms with E-state index in [0.717, 1.165) is 24.2 Å². The molecule has 162 valence electrons. The van der Waals surface area contributed by atoms with Gasteiger partial charge in [0.15, 0.2) is 0 Å². The van der Waals surface area contributed by atoms with Crippen LogP contribution in [0.2, 0.25) is 0 Å². The van der Waals surface area contributed by atoms with E-state index in [1.807, 2.05) is 28.9 Å². The van der Waals surface area contributed by atoms with Crippen molar-refractivity contribution in [2.24, 2.45) is 0 Å². The molecule has 0 saturated carbocycles. The highest BCUT2D eigenvalue weighted by atomic mass is 19.4. The van der Waals surface area contributed by atoms with Crippen molar-refractivity contribution in [1.29, 1.82) is 0 Å². The Kier molecular flexibility index (Phi) is 6.97. The fourth-order valence-electron chi connectivity index (χ4n) is 3.49. The first kappa shape index (κ1) is 22.1. The molecule has 3 rings (SSSR count). The standard InChI is InChI=1S/C22H27F3N4O/c1-3-17-4-6-18(7-5-17)16(2)27-21(30)15-28-10-12-29(13-11-28)20-9-8-19(14-26-20)22(23,24)25/h4-9,14,16H,3,10-13,15H2,1-2H3,(H,27,30). The summed E-state index contributed by atoms with van der Waals surface area (Å²) in [7, 11) is 0. The van der Waals surface area contributed by atoms with Gasteiger partial charge < -0.3 is 10.2 Å². The average molecular weight is 420 g/mol. The summed E-state index contributed by atoms with van der Waals surface area (Å²) in [5, 5.41) is 3.03. The lowest BCUT2D eigenvalue weighted by Gasteiger charge is -2.35. The van der Waals surface area contributed by atoms with Gasteiger partial charge in [0, 0.05) is 32.4 Å². The van der Waals surface area contributed by atoms with Gasteiger partial charge in [-0.3, -0.25) is 9.69 Å². The second kappa shape index (κ2) is 9.47. The van der Waals surface area contributed by atoms with Gasteiger partial charge in [0.1, 0.15) is 5.82 Å². The topological polar surface area (TPSA) is 48.5 Å². The van der Waals surface area contributed by atoms with Crippen molar-refractivity contribution in [1.82, 2.24) is 15.2 Å². The summed E-state index contributed by atoms with van der Waals surface area (Å²) in [6.07, 6.45) is -2.54. The number of carbonyl (C=O) groups excluding carboxylic acids is 1. The molecule has 1 unspecified atom stereocenters. The molecular formula is C22H27F3N4O. The smallest absolute Gasteiger partial charge is 0.354 e. The van der Waals surface area contributed by atoms with Crippen molar-refractivity contribution in [3.63, 3.8) is 0 Å². The number of nitrogens with one attached hydrogen (secondary N) is 1. The van der Waals surface area contributed by atoms with Crippen LogP contribution in [0.4, 0.5) is 19.0 Å². The average Bonchev–Trinajstić information content (AvgIpc) is 2.73. The number of hydrogen-bond donors (Lipinski definition) is 1. The molecule has 2 heterocycles. The van der Waals surface area contributed by atoms with E-state index in [1.54, 1.807) is 0 Å². The Morgan fingerprint density at radius 2 is 1.77 bits per heavy atom. The van der Waals surface area contributed by atoms with Gasteiger partial charge >= 0.3 is 6.18 Å². The van der Waals surface area contributed by atoms with Gasteiger partial charge in [-0.2, -0.15) is 13.2 Å². The molecule has 5 nitrogen and oxygen atoms in total. The number of aromatic nitrogens is 1. The van der Waals surface area contributed by atoms with Crippen molar-refractivity contribution in [2.45, 2.75) is 32.5 Å². The first-order valence-corrected chi connectivity index (χ1v) is 10.1. The Labute approximate surface area is 174 Å². The summed E-state index contributed by atoms with van der Waals surface area (Å²) in [4.78, 5) is 20.3. The number of aryl methyl sites for hydroxylation is 1. The quantitative estimate of drug-likeness (QED) is 0.775. The zero-order valence-electron chi connectivity index (χ0n) is 17.2. The maximum Gasteiger partial charge on any atom is 0.417 e. The molecule has 1 saturated heterocycles. The third-order valence-corrected chi connectivity index (χ3v) is 5.40. The monoisotopic (exact) mass is 420 g/mol. The first-order chi connectivity index (χ1) is 14.3.